The predicted molar refractivity (Wildman–Crippen MR) is 123 cm³/mol. The van der Waals surface area contributed by atoms with Crippen molar-refractivity contribution in [2.45, 2.75) is 45.0 Å². The summed E-state index contributed by atoms with van der Waals surface area (Å²) in [6.45, 7) is 11.4. The molecule has 152 valence electrons. The highest BCUT2D eigenvalue weighted by Gasteiger charge is 2.41. The van der Waals surface area contributed by atoms with Crippen molar-refractivity contribution in [3.63, 3.8) is 0 Å². The normalized spacial score (nSPS) is 15.9. The summed E-state index contributed by atoms with van der Waals surface area (Å²) in [4.78, 5) is 0. The Bertz CT molecular complexity index is 1080. The van der Waals surface area contributed by atoms with Crippen molar-refractivity contribution in [3.05, 3.63) is 59.7 Å². The van der Waals surface area contributed by atoms with Crippen LogP contribution in [0.25, 0.3) is 21.9 Å². The zero-order chi connectivity index (χ0) is 21.0. The fraction of sp³-hybridized carbons (Fsp3) is 0.360. The minimum atomic E-state index is -2.04. The molecule has 0 aliphatic heterocycles. The zero-order valence-corrected chi connectivity index (χ0v) is 19.4. The molecule has 0 radical (unpaired) electrons. The summed E-state index contributed by atoms with van der Waals surface area (Å²) in [5, 5.41) is 2.45. The quantitative estimate of drug-likeness (QED) is 0.439. The first-order valence-electron chi connectivity index (χ1n) is 10.1. The van der Waals surface area contributed by atoms with Gasteiger partial charge in [0, 0.05) is 18.1 Å². The van der Waals surface area contributed by atoms with Crippen LogP contribution in [0.4, 0.5) is 0 Å². The molecule has 3 aromatic carbocycles. The molecule has 0 aromatic heterocycles. The largest absolute Gasteiger partial charge is 0.543 e. The minimum absolute atomic E-state index is 0.110. The van der Waals surface area contributed by atoms with Crippen LogP contribution in [0.2, 0.25) is 18.1 Å². The molecule has 0 bridgehead atoms. The molecule has 0 saturated carbocycles. The van der Waals surface area contributed by atoms with Crippen LogP contribution in [0.5, 0.6) is 11.5 Å². The summed E-state index contributed by atoms with van der Waals surface area (Å²) in [5.74, 6) is 1.84. The van der Waals surface area contributed by atoms with Gasteiger partial charge >= 0.3 is 0 Å². The van der Waals surface area contributed by atoms with Crippen LogP contribution in [0.15, 0.2) is 48.5 Å². The number of hydrogen-bond donors (Lipinski definition) is 0. The van der Waals surface area contributed by atoms with Crippen molar-refractivity contribution >= 4 is 19.1 Å². The van der Waals surface area contributed by atoms with Gasteiger partial charge in [0.2, 0.25) is 0 Å². The van der Waals surface area contributed by atoms with E-state index < -0.39 is 8.32 Å². The molecule has 29 heavy (non-hydrogen) atoms. The monoisotopic (exact) mass is 406 g/mol. The van der Waals surface area contributed by atoms with Crippen molar-refractivity contribution < 1.29 is 13.9 Å². The Labute approximate surface area is 174 Å². The Hall–Kier alpha value is -2.30. The van der Waals surface area contributed by atoms with Crippen LogP contribution < -0.4 is 9.16 Å². The SMILES string of the molecule is COc1ccc2c(c1)C(OC)c1cc3ccccc3c(O[Si](C)(C)C(C)(C)C)c1-2. The summed E-state index contributed by atoms with van der Waals surface area (Å²) < 4.78 is 18.4. The molecule has 0 saturated heterocycles. The average molecular weight is 407 g/mol. The van der Waals surface area contributed by atoms with E-state index in [1.54, 1.807) is 14.2 Å². The van der Waals surface area contributed by atoms with E-state index in [-0.39, 0.29) is 11.1 Å². The Morgan fingerprint density at radius 2 is 1.62 bits per heavy atom. The third-order valence-corrected chi connectivity index (χ3v) is 10.9. The first-order chi connectivity index (χ1) is 13.7. The summed E-state index contributed by atoms with van der Waals surface area (Å²) in [7, 11) is 1.43. The van der Waals surface area contributed by atoms with Crippen LogP contribution >= 0.6 is 0 Å². The fourth-order valence-corrected chi connectivity index (χ4v) is 4.90. The first-order valence-corrected chi connectivity index (χ1v) is 13.0. The smallest absolute Gasteiger partial charge is 0.250 e. The van der Waals surface area contributed by atoms with Crippen molar-refractivity contribution in [1.82, 2.24) is 0 Å². The molecule has 3 nitrogen and oxygen atoms in total. The van der Waals surface area contributed by atoms with E-state index in [0.717, 1.165) is 28.0 Å². The standard InChI is InChI=1S/C25H30O3Si/c1-25(2,3)29(6,7)28-24-18-11-9-8-10-16(18)14-21-22(24)19-13-12-17(26-4)15-20(19)23(21)27-5/h8-15,23H,1-7H3. The van der Waals surface area contributed by atoms with Crippen molar-refractivity contribution in [2.24, 2.45) is 0 Å². The van der Waals surface area contributed by atoms with Gasteiger partial charge in [0.1, 0.15) is 17.6 Å². The lowest BCUT2D eigenvalue weighted by molar-refractivity contribution is 0.140. The Morgan fingerprint density at radius 3 is 2.28 bits per heavy atom. The molecule has 0 heterocycles. The van der Waals surface area contributed by atoms with Gasteiger partial charge in [-0.2, -0.15) is 0 Å². The summed E-state index contributed by atoms with van der Waals surface area (Å²) >= 11 is 0. The van der Waals surface area contributed by atoms with Crippen molar-refractivity contribution in [2.75, 3.05) is 14.2 Å². The molecular formula is C25H30O3Si. The van der Waals surface area contributed by atoms with Gasteiger partial charge in [-0.25, -0.2) is 0 Å². The van der Waals surface area contributed by atoms with Crippen molar-refractivity contribution in [1.29, 1.82) is 0 Å². The van der Waals surface area contributed by atoms with Crippen LogP contribution in [0.3, 0.4) is 0 Å². The molecule has 1 aliphatic carbocycles. The number of methoxy groups -OCH3 is 2. The average Bonchev–Trinajstić information content (AvgIpc) is 2.99. The summed E-state index contributed by atoms with van der Waals surface area (Å²) in [6.07, 6.45) is -0.124. The lowest BCUT2D eigenvalue weighted by Gasteiger charge is -2.37. The first kappa shape index (κ1) is 20.0. The van der Waals surface area contributed by atoms with Gasteiger partial charge in [0.25, 0.3) is 8.32 Å². The maximum absolute atomic E-state index is 6.98. The number of benzene rings is 3. The lowest BCUT2D eigenvalue weighted by Crippen LogP contribution is -2.44. The molecule has 0 N–H and O–H groups in total. The van der Waals surface area contributed by atoms with Gasteiger partial charge in [-0.15, -0.1) is 0 Å². The van der Waals surface area contributed by atoms with E-state index in [4.69, 9.17) is 13.9 Å². The van der Waals surface area contributed by atoms with E-state index in [1.165, 1.54) is 16.5 Å². The van der Waals surface area contributed by atoms with Gasteiger partial charge in [-0.1, -0.05) is 51.1 Å². The predicted octanol–water partition coefficient (Wildman–Crippen LogP) is 6.95. The number of ether oxygens (including phenoxy) is 2. The highest BCUT2D eigenvalue weighted by atomic mass is 28.4. The fourth-order valence-electron chi connectivity index (χ4n) is 3.87. The van der Waals surface area contributed by atoms with Gasteiger partial charge in [0.15, 0.2) is 0 Å². The third kappa shape index (κ3) is 3.15. The van der Waals surface area contributed by atoms with Crippen molar-refractivity contribution in [3.8, 4) is 22.6 Å². The number of rotatable bonds is 4. The van der Waals surface area contributed by atoms with E-state index in [1.807, 2.05) is 6.07 Å². The van der Waals surface area contributed by atoms with Crippen LogP contribution in [-0.2, 0) is 4.74 Å². The zero-order valence-electron chi connectivity index (χ0n) is 18.4. The molecule has 1 atom stereocenters. The van der Waals surface area contributed by atoms with Gasteiger partial charge in [-0.3, -0.25) is 0 Å². The molecule has 1 unspecified atom stereocenters. The molecule has 4 heteroatoms. The summed E-state index contributed by atoms with van der Waals surface area (Å²) in [5.41, 5.74) is 4.64. The highest BCUT2D eigenvalue weighted by molar-refractivity contribution is 6.74. The minimum Gasteiger partial charge on any atom is -0.543 e. The Balaban J connectivity index is 2.03. The van der Waals surface area contributed by atoms with E-state index in [9.17, 15) is 0 Å². The van der Waals surface area contributed by atoms with Crippen LogP contribution in [-0.4, -0.2) is 22.5 Å². The van der Waals surface area contributed by atoms with E-state index in [2.05, 4.69) is 76.3 Å². The molecule has 1 aliphatic rings. The number of hydrogen-bond acceptors (Lipinski definition) is 3. The molecule has 4 rings (SSSR count). The Morgan fingerprint density at radius 1 is 0.897 bits per heavy atom. The topological polar surface area (TPSA) is 27.7 Å². The second kappa shape index (κ2) is 6.89. The summed E-state index contributed by atoms with van der Waals surface area (Å²) in [6, 6.07) is 17.0. The highest BCUT2D eigenvalue weighted by Crippen LogP contribution is 2.54. The lowest BCUT2D eigenvalue weighted by atomic mass is 9.98. The molecule has 0 fully saturated rings. The molecule has 0 spiro atoms. The molecule has 0 amide bonds. The maximum Gasteiger partial charge on any atom is 0.250 e. The Kier molecular flexibility index (Phi) is 4.75. The third-order valence-electron chi connectivity index (χ3n) is 6.52. The number of fused-ring (bicyclic) bond motifs is 4. The molecular weight excluding hydrogens is 376 g/mol. The second-order valence-corrected chi connectivity index (χ2v) is 14.0. The van der Waals surface area contributed by atoms with Crippen LogP contribution in [0, 0.1) is 0 Å². The molecule has 3 aromatic rings. The van der Waals surface area contributed by atoms with E-state index in [0.29, 0.717) is 0 Å². The van der Waals surface area contributed by atoms with Gasteiger partial charge in [0.05, 0.1) is 7.11 Å². The van der Waals surface area contributed by atoms with Gasteiger partial charge in [-0.05, 0) is 58.4 Å². The second-order valence-electron chi connectivity index (χ2n) is 9.32. The van der Waals surface area contributed by atoms with E-state index >= 15 is 0 Å². The maximum atomic E-state index is 6.98. The van der Waals surface area contributed by atoms with Crippen LogP contribution in [0.1, 0.15) is 38.0 Å². The van der Waals surface area contributed by atoms with Gasteiger partial charge < -0.3 is 13.9 Å².